The molecule has 1 aromatic rings. The van der Waals surface area contributed by atoms with Gasteiger partial charge < -0.3 is 10.5 Å². The first-order valence-corrected chi connectivity index (χ1v) is 4.77. The first-order chi connectivity index (χ1) is 7.02. The third kappa shape index (κ3) is 2.15. The lowest BCUT2D eigenvalue weighted by Crippen LogP contribution is -2.17. The summed E-state index contributed by atoms with van der Waals surface area (Å²) < 4.78 is 31.4. The summed E-state index contributed by atoms with van der Waals surface area (Å²) in [6, 6.07) is 0.927. The van der Waals surface area contributed by atoms with Gasteiger partial charge in [-0.15, -0.1) is 0 Å². The van der Waals surface area contributed by atoms with Crippen LogP contribution in [0.5, 0.6) is 5.75 Å². The molecule has 2 N–H and O–H groups in total. The van der Waals surface area contributed by atoms with Gasteiger partial charge in [0.2, 0.25) is 0 Å². The molecule has 0 atom stereocenters. The number of carbonyl (C=O) groups is 1. The normalized spacial score (nSPS) is 10.2. The Hall–Kier alpha value is -1.01. The van der Waals surface area contributed by atoms with Crippen molar-refractivity contribution in [2.75, 3.05) is 13.7 Å². The second kappa shape index (κ2) is 4.67. The molecule has 0 fully saturated rings. The molecule has 0 aliphatic rings. The number of ether oxygens (including phenoxy) is 1. The second-order valence-corrected chi connectivity index (χ2v) is 3.48. The van der Waals surface area contributed by atoms with Crippen LogP contribution in [-0.2, 0) is 0 Å². The van der Waals surface area contributed by atoms with Gasteiger partial charge in [-0.2, -0.15) is 0 Å². The maximum Gasteiger partial charge on any atom is 0.182 e. The zero-order valence-corrected chi connectivity index (χ0v) is 9.40. The smallest absolute Gasteiger partial charge is 0.182 e. The SMILES string of the molecule is COc1cc(F)c(C(=O)CN)c(F)c1Br. The maximum atomic E-state index is 13.5. The number of ketones is 1. The molecule has 0 aliphatic carbocycles. The van der Waals surface area contributed by atoms with Gasteiger partial charge in [0.15, 0.2) is 11.6 Å². The number of hydrogen-bond donors (Lipinski definition) is 1. The predicted molar refractivity (Wildman–Crippen MR) is 54.0 cm³/mol. The van der Waals surface area contributed by atoms with Crippen LogP contribution in [-0.4, -0.2) is 19.4 Å². The molecule has 1 rings (SSSR count). The van der Waals surface area contributed by atoms with E-state index >= 15 is 0 Å². The minimum absolute atomic E-state index is 0.0152. The number of benzene rings is 1. The van der Waals surface area contributed by atoms with Gasteiger partial charge in [-0.05, 0) is 15.9 Å². The van der Waals surface area contributed by atoms with Crippen LogP contribution in [0, 0.1) is 11.6 Å². The van der Waals surface area contributed by atoms with E-state index in [9.17, 15) is 13.6 Å². The fourth-order valence-corrected chi connectivity index (χ4v) is 1.55. The van der Waals surface area contributed by atoms with E-state index in [4.69, 9.17) is 10.5 Å². The van der Waals surface area contributed by atoms with Gasteiger partial charge in [-0.3, -0.25) is 4.79 Å². The monoisotopic (exact) mass is 279 g/mol. The van der Waals surface area contributed by atoms with E-state index in [2.05, 4.69) is 15.9 Å². The Morgan fingerprint density at radius 3 is 2.67 bits per heavy atom. The molecule has 0 aliphatic heterocycles. The Morgan fingerprint density at radius 1 is 1.60 bits per heavy atom. The van der Waals surface area contributed by atoms with E-state index in [1.54, 1.807) is 0 Å². The summed E-state index contributed by atoms with van der Waals surface area (Å²) in [6.07, 6.45) is 0. The molecule has 0 saturated carbocycles. The van der Waals surface area contributed by atoms with E-state index in [-0.39, 0.29) is 10.2 Å². The second-order valence-electron chi connectivity index (χ2n) is 2.69. The first-order valence-electron chi connectivity index (χ1n) is 3.97. The van der Waals surface area contributed by atoms with Crippen LogP contribution < -0.4 is 10.5 Å². The van der Waals surface area contributed by atoms with Crippen LogP contribution in [0.15, 0.2) is 10.5 Å². The lowest BCUT2D eigenvalue weighted by atomic mass is 10.1. The average Bonchev–Trinajstić information content (AvgIpc) is 2.23. The van der Waals surface area contributed by atoms with E-state index in [0.717, 1.165) is 6.07 Å². The third-order valence-electron chi connectivity index (χ3n) is 1.81. The van der Waals surface area contributed by atoms with Crippen LogP contribution in [0.2, 0.25) is 0 Å². The first kappa shape index (κ1) is 12.1. The minimum atomic E-state index is -0.998. The van der Waals surface area contributed by atoms with Crippen molar-refractivity contribution in [3.05, 3.63) is 27.7 Å². The molecule has 0 heterocycles. The Kier molecular flexibility index (Phi) is 3.76. The molecule has 0 unspecified atom stereocenters. The van der Waals surface area contributed by atoms with Crippen molar-refractivity contribution >= 4 is 21.7 Å². The van der Waals surface area contributed by atoms with Crippen LogP contribution in [0.4, 0.5) is 8.78 Å². The van der Waals surface area contributed by atoms with Crippen molar-refractivity contribution < 1.29 is 18.3 Å². The molecule has 3 nitrogen and oxygen atoms in total. The average molecular weight is 280 g/mol. The largest absolute Gasteiger partial charge is 0.495 e. The molecule has 82 valence electrons. The summed E-state index contributed by atoms with van der Waals surface area (Å²) in [5.41, 5.74) is 4.39. The van der Waals surface area contributed by atoms with Crippen molar-refractivity contribution in [2.24, 2.45) is 5.73 Å². The molecule has 0 spiro atoms. The summed E-state index contributed by atoms with van der Waals surface area (Å²) in [5.74, 6) is -2.79. The van der Waals surface area contributed by atoms with Gasteiger partial charge >= 0.3 is 0 Å². The number of nitrogens with two attached hydrogens (primary N) is 1. The molecule has 0 saturated heterocycles. The number of methoxy groups -OCH3 is 1. The molecule has 0 bridgehead atoms. The van der Waals surface area contributed by atoms with Gasteiger partial charge in [0.25, 0.3) is 0 Å². The lowest BCUT2D eigenvalue weighted by molar-refractivity contribution is 0.0993. The van der Waals surface area contributed by atoms with Gasteiger partial charge in [0, 0.05) is 6.07 Å². The van der Waals surface area contributed by atoms with Gasteiger partial charge in [0.1, 0.15) is 11.6 Å². The van der Waals surface area contributed by atoms with Crippen molar-refractivity contribution in [1.29, 1.82) is 0 Å². The third-order valence-corrected chi connectivity index (χ3v) is 2.55. The minimum Gasteiger partial charge on any atom is -0.495 e. The van der Waals surface area contributed by atoms with E-state index in [1.165, 1.54) is 7.11 Å². The maximum absolute atomic E-state index is 13.5. The molecular formula is C9H8BrF2NO2. The van der Waals surface area contributed by atoms with Gasteiger partial charge in [-0.25, -0.2) is 8.78 Å². The van der Waals surface area contributed by atoms with Crippen LogP contribution in [0.1, 0.15) is 10.4 Å². The quantitative estimate of drug-likeness (QED) is 0.679. The molecular weight excluding hydrogens is 272 g/mol. The highest BCUT2D eigenvalue weighted by molar-refractivity contribution is 9.10. The van der Waals surface area contributed by atoms with E-state index in [1.807, 2.05) is 0 Å². The highest BCUT2D eigenvalue weighted by atomic mass is 79.9. The van der Waals surface area contributed by atoms with Crippen LogP contribution in [0.3, 0.4) is 0 Å². The fraction of sp³-hybridized carbons (Fsp3) is 0.222. The van der Waals surface area contributed by atoms with E-state index in [0.29, 0.717) is 0 Å². The number of carbonyl (C=O) groups excluding carboxylic acids is 1. The van der Waals surface area contributed by atoms with Crippen molar-refractivity contribution in [2.45, 2.75) is 0 Å². The summed E-state index contributed by atoms with van der Waals surface area (Å²) >= 11 is 2.86. The molecule has 15 heavy (non-hydrogen) atoms. The molecule has 0 radical (unpaired) electrons. The van der Waals surface area contributed by atoms with Crippen LogP contribution in [0.25, 0.3) is 0 Å². The van der Waals surface area contributed by atoms with Crippen molar-refractivity contribution in [3.63, 3.8) is 0 Å². The fourth-order valence-electron chi connectivity index (χ4n) is 1.08. The van der Waals surface area contributed by atoms with Crippen molar-refractivity contribution in [1.82, 2.24) is 0 Å². The standard InChI is InChI=1S/C9H8BrF2NO2/c1-15-6-2-4(11)7(5(14)3-13)9(12)8(6)10/h2H,3,13H2,1H3. The Balaban J connectivity index is 3.42. The van der Waals surface area contributed by atoms with Crippen molar-refractivity contribution in [3.8, 4) is 5.75 Å². The molecule has 1 aromatic carbocycles. The number of hydrogen-bond acceptors (Lipinski definition) is 3. The summed E-state index contributed by atoms with van der Waals surface area (Å²) in [7, 11) is 1.27. The highest BCUT2D eigenvalue weighted by Gasteiger charge is 2.21. The zero-order valence-electron chi connectivity index (χ0n) is 7.81. The molecule has 0 aromatic heterocycles. The summed E-state index contributed by atoms with van der Waals surface area (Å²) in [6.45, 7) is -0.452. The van der Waals surface area contributed by atoms with Gasteiger partial charge in [-0.1, -0.05) is 0 Å². The topological polar surface area (TPSA) is 52.3 Å². The number of Topliss-reactive ketones (excluding diaryl/α,β-unsaturated/α-hetero) is 1. The Labute approximate surface area is 93.3 Å². The zero-order chi connectivity index (χ0) is 11.6. The lowest BCUT2D eigenvalue weighted by Gasteiger charge is -2.08. The summed E-state index contributed by atoms with van der Waals surface area (Å²) in [4.78, 5) is 11.1. The van der Waals surface area contributed by atoms with Crippen LogP contribution >= 0.6 is 15.9 Å². The van der Waals surface area contributed by atoms with E-state index < -0.39 is 29.5 Å². The summed E-state index contributed by atoms with van der Waals surface area (Å²) in [5, 5.41) is 0. The molecule has 0 amide bonds. The number of halogens is 3. The predicted octanol–water partition coefficient (Wildman–Crippen LogP) is 1.88. The Morgan fingerprint density at radius 2 is 2.20 bits per heavy atom. The molecule has 6 heteroatoms. The highest BCUT2D eigenvalue weighted by Crippen LogP contribution is 2.31. The number of rotatable bonds is 3. The Bertz CT molecular complexity index is 410. The van der Waals surface area contributed by atoms with Gasteiger partial charge in [0.05, 0.1) is 23.7 Å².